The Balaban J connectivity index is 2.05. The van der Waals surface area contributed by atoms with Gasteiger partial charge in [-0.25, -0.2) is 12.8 Å². The third kappa shape index (κ3) is 7.57. The summed E-state index contributed by atoms with van der Waals surface area (Å²) in [6.45, 7) is 3.56. The Labute approximate surface area is 229 Å². The van der Waals surface area contributed by atoms with Crippen LogP contribution in [0.15, 0.2) is 83.8 Å². The topological polar surface area (TPSA) is 96.0 Å². The van der Waals surface area contributed by atoms with E-state index < -0.39 is 34.3 Å². The van der Waals surface area contributed by atoms with Gasteiger partial charge in [-0.1, -0.05) is 50.2 Å². The summed E-state index contributed by atoms with van der Waals surface area (Å²) in [5, 5.41) is 2.83. The van der Waals surface area contributed by atoms with E-state index in [0.29, 0.717) is 30.7 Å². The standard InChI is InChI=1S/C29H34FN3O5S/c1-4-18-31-29(35)27(5-2)32(20-22-14-16-23(30)17-15-22)28(34)21-33(24-10-9-11-25(19-24)38-3)39(36,37)26-12-7-6-8-13-26/h6-17,19,27H,4-5,18,20-21H2,1-3H3,(H,31,35). The molecule has 208 valence electrons. The zero-order valence-electron chi connectivity index (χ0n) is 22.3. The fraction of sp³-hybridized carbons (Fsp3) is 0.310. The van der Waals surface area contributed by atoms with Gasteiger partial charge in [0.15, 0.2) is 0 Å². The van der Waals surface area contributed by atoms with E-state index in [1.165, 1.54) is 54.5 Å². The third-order valence-corrected chi connectivity index (χ3v) is 7.94. The number of carbonyl (C=O) groups is 2. The normalized spacial score (nSPS) is 11.9. The minimum atomic E-state index is -4.17. The highest BCUT2D eigenvalue weighted by Crippen LogP contribution is 2.27. The summed E-state index contributed by atoms with van der Waals surface area (Å²) in [6, 6.07) is 19.0. The number of amides is 2. The molecule has 39 heavy (non-hydrogen) atoms. The second-order valence-corrected chi connectivity index (χ2v) is 10.8. The minimum absolute atomic E-state index is 0.00546. The second kappa shape index (κ2) is 13.7. The summed E-state index contributed by atoms with van der Waals surface area (Å²) in [5.41, 5.74) is 0.835. The summed E-state index contributed by atoms with van der Waals surface area (Å²) >= 11 is 0. The smallest absolute Gasteiger partial charge is 0.264 e. The molecule has 0 aliphatic rings. The molecule has 0 saturated heterocycles. The van der Waals surface area contributed by atoms with Gasteiger partial charge in [0.1, 0.15) is 24.2 Å². The lowest BCUT2D eigenvalue weighted by Gasteiger charge is -2.33. The molecule has 0 saturated carbocycles. The molecule has 0 heterocycles. The molecule has 3 aromatic rings. The molecule has 0 bridgehead atoms. The van der Waals surface area contributed by atoms with E-state index in [4.69, 9.17) is 4.74 Å². The average molecular weight is 556 g/mol. The van der Waals surface area contributed by atoms with Gasteiger partial charge in [0.25, 0.3) is 10.0 Å². The van der Waals surface area contributed by atoms with Crippen LogP contribution in [-0.4, -0.2) is 51.4 Å². The fourth-order valence-electron chi connectivity index (χ4n) is 4.09. The van der Waals surface area contributed by atoms with Crippen LogP contribution in [0.5, 0.6) is 5.75 Å². The molecule has 0 aliphatic carbocycles. The van der Waals surface area contributed by atoms with Crippen molar-refractivity contribution in [3.05, 3.63) is 90.2 Å². The third-order valence-electron chi connectivity index (χ3n) is 6.15. The van der Waals surface area contributed by atoms with Crippen molar-refractivity contribution in [1.29, 1.82) is 0 Å². The van der Waals surface area contributed by atoms with E-state index in [2.05, 4.69) is 5.32 Å². The first kappa shape index (κ1) is 29.6. The number of anilines is 1. The van der Waals surface area contributed by atoms with Crippen LogP contribution in [0.1, 0.15) is 32.3 Å². The van der Waals surface area contributed by atoms with Crippen molar-refractivity contribution in [2.45, 2.75) is 44.2 Å². The number of benzene rings is 3. The Bertz CT molecular complexity index is 1350. The van der Waals surface area contributed by atoms with Crippen LogP contribution in [0.4, 0.5) is 10.1 Å². The maximum atomic E-state index is 13.9. The maximum absolute atomic E-state index is 13.9. The molecule has 0 radical (unpaired) electrons. The van der Waals surface area contributed by atoms with Crippen LogP contribution in [0, 0.1) is 5.82 Å². The first-order chi connectivity index (χ1) is 18.7. The van der Waals surface area contributed by atoms with Crippen molar-refractivity contribution in [3.63, 3.8) is 0 Å². The van der Waals surface area contributed by atoms with Gasteiger partial charge in [0.2, 0.25) is 11.8 Å². The largest absolute Gasteiger partial charge is 0.497 e. The SMILES string of the molecule is CCCNC(=O)C(CC)N(Cc1ccc(F)cc1)C(=O)CN(c1cccc(OC)c1)S(=O)(=O)c1ccccc1. The van der Waals surface area contributed by atoms with Gasteiger partial charge in [0, 0.05) is 19.2 Å². The molecular weight excluding hydrogens is 521 g/mol. The fourth-order valence-corrected chi connectivity index (χ4v) is 5.51. The van der Waals surface area contributed by atoms with Crippen LogP contribution in [0.2, 0.25) is 0 Å². The van der Waals surface area contributed by atoms with Gasteiger partial charge in [-0.05, 0) is 54.8 Å². The van der Waals surface area contributed by atoms with Crippen LogP contribution in [0.3, 0.4) is 0 Å². The van der Waals surface area contributed by atoms with E-state index in [-0.39, 0.29) is 23.0 Å². The Hall–Kier alpha value is -3.92. The van der Waals surface area contributed by atoms with Crippen LogP contribution in [0.25, 0.3) is 0 Å². The van der Waals surface area contributed by atoms with E-state index in [9.17, 15) is 22.4 Å². The lowest BCUT2D eigenvalue weighted by Crippen LogP contribution is -2.52. The van der Waals surface area contributed by atoms with Crippen molar-refractivity contribution in [3.8, 4) is 5.75 Å². The number of nitrogens with zero attached hydrogens (tertiary/aromatic N) is 2. The number of ether oxygens (including phenoxy) is 1. The molecule has 1 unspecified atom stereocenters. The van der Waals surface area contributed by atoms with Gasteiger partial charge in [-0.2, -0.15) is 0 Å². The summed E-state index contributed by atoms with van der Waals surface area (Å²) in [6.07, 6.45) is 1.01. The Morgan fingerprint density at radius 1 is 0.974 bits per heavy atom. The highest BCUT2D eigenvalue weighted by Gasteiger charge is 2.33. The Morgan fingerprint density at radius 2 is 1.67 bits per heavy atom. The molecule has 3 rings (SSSR count). The monoisotopic (exact) mass is 555 g/mol. The summed E-state index contributed by atoms with van der Waals surface area (Å²) < 4.78 is 47.5. The Kier molecular flexibility index (Phi) is 10.4. The number of rotatable bonds is 13. The van der Waals surface area contributed by atoms with E-state index >= 15 is 0 Å². The summed E-state index contributed by atoms with van der Waals surface area (Å²) in [5.74, 6) is -0.932. The molecule has 3 aromatic carbocycles. The van der Waals surface area contributed by atoms with Crippen LogP contribution < -0.4 is 14.4 Å². The van der Waals surface area contributed by atoms with Gasteiger partial charge in [0.05, 0.1) is 17.7 Å². The molecule has 8 nitrogen and oxygen atoms in total. The predicted octanol–water partition coefficient (Wildman–Crippen LogP) is 4.36. The van der Waals surface area contributed by atoms with Crippen molar-refractivity contribution in [2.24, 2.45) is 0 Å². The first-order valence-electron chi connectivity index (χ1n) is 12.7. The van der Waals surface area contributed by atoms with Gasteiger partial charge < -0.3 is 15.0 Å². The molecule has 0 spiro atoms. The molecule has 0 aliphatic heterocycles. The molecular formula is C29H34FN3O5S. The second-order valence-electron chi connectivity index (χ2n) is 8.89. The van der Waals surface area contributed by atoms with E-state index in [0.717, 1.165) is 4.31 Å². The Morgan fingerprint density at radius 3 is 2.28 bits per heavy atom. The molecule has 1 N–H and O–H groups in total. The highest BCUT2D eigenvalue weighted by molar-refractivity contribution is 7.92. The van der Waals surface area contributed by atoms with Crippen LogP contribution in [-0.2, 0) is 26.2 Å². The first-order valence-corrected chi connectivity index (χ1v) is 14.2. The molecule has 0 aromatic heterocycles. The summed E-state index contributed by atoms with van der Waals surface area (Å²) in [7, 11) is -2.71. The summed E-state index contributed by atoms with van der Waals surface area (Å²) in [4.78, 5) is 28.4. The zero-order valence-corrected chi connectivity index (χ0v) is 23.2. The molecule has 10 heteroatoms. The lowest BCUT2D eigenvalue weighted by atomic mass is 10.1. The average Bonchev–Trinajstić information content (AvgIpc) is 2.95. The van der Waals surface area contributed by atoms with Crippen molar-refractivity contribution in [1.82, 2.24) is 10.2 Å². The number of hydrogen-bond donors (Lipinski definition) is 1. The van der Waals surface area contributed by atoms with Crippen molar-refractivity contribution in [2.75, 3.05) is 24.5 Å². The van der Waals surface area contributed by atoms with Crippen molar-refractivity contribution >= 4 is 27.5 Å². The van der Waals surface area contributed by atoms with Gasteiger partial charge in [-0.3, -0.25) is 13.9 Å². The molecule has 0 fully saturated rings. The number of methoxy groups -OCH3 is 1. The van der Waals surface area contributed by atoms with E-state index in [1.807, 2.05) is 6.92 Å². The number of sulfonamides is 1. The van der Waals surface area contributed by atoms with E-state index in [1.54, 1.807) is 43.3 Å². The number of hydrogen-bond acceptors (Lipinski definition) is 5. The minimum Gasteiger partial charge on any atom is -0.497 e. The molecule has 2 amide bonds. The molecule has 1 atom stereocenters. The predicted molar refractivity (Wildman–Crippen MR) is 148 cm³/mol. The number of halogens is 1. The van der Waals surface area contributed by atoms with Crippen molar-refractivity contribution < 1.29 is 27.1 Å². The zero-order chi connectivity index (χ0) is 28.4. The number of nitrogens with one attached hydrogen (secondary N) is 1. The maximum Gasteiger partial charge on any atom is 0.264 e. The number of carbonyl (C=O) groups excluding carboxylic acids is 2. The van der Waals surface area contributed by atoms with Gasteiger partial charge in [-0.15, -0.1) is 0 Å². The van der Waals surface area contributed by atoms with Crippen LogP contribution >= 0.6 is 0 Å². The quantitative estimate of drug-likeness (QED) is 0.338. The van der Waals surface area contributed by atoms with Gasteiger partial charge >= 0.3 is 0 Å². The lowest BCUT2D eigenvalue weighted by molar-refractivity contribution is -0.140. The highest BCUT2D eigenvalue weighted by atomic mass is 32.2.